The summed E-state index contributed by atoms with van der Waals surface area (Å²) in [5.41, 5.74) is 1.28. The summed E-state index contributed by atoms with van der Waals surface area (Å²) in [4.78, 5) is 12.2. The van der Waals surface area contributed by atoms with Gasteiger partial charge in [0.1, 0.15) is 0 Å². The maximum Gasteiger partial charge on any atom is 0.335 e. The van der Waals surface area contributed by atoms with Crippen LogP contribution in [-0.4, -0.2) is 16.3 Å². The predicted molar refractivity (Wildman–Crippen MR) is 75.5 cm³/mol. The van der Waals surface area contributed by atoms with Crippen LogP contribution in [0.15, 0.2) is 23.1 Å². The molecule has 0 bridgehead atoms. The number of carboxylic acids is 1. The van der Waals surface area contributed by atoms with E-state index in [1.807, 2.05) is 30.8 Å². The normalized spacial score (nSPS) is 17.4. The highest BCUT2D eigenvalue weighted by Gasteiger charge is 2.15. The lowest BCUT2D eigenvalue weighted by atomic mass is 10.1. The van der Waals surface area contributed by atoms with E-state index >= 15 is 0 Å². The van der Waals surface area contributed by atoms with E-state index in [2.05, 4.69) is 6.07 Å². The second-order valence-corrected chi connectivity index (χ2v) is 6.39. The number of rotatable bonds is 3. The van der Waals surface area contributed by atoms with Crippen molar-refractivity contribution in [2.75, 3.05) is 0 Å². The third-order valence-corrected chi connectivity index (χ3v) is 4.88. The zero-order chi connectivity index (χ0) is 13.0. The molecular formula is C15H20O2S. The molecule has 1 aromatic carbocycles. The first-order valence-corrected chi connectivity index (χ1v) is 7.55. The lowest BCUT2D eigenvalue weighted by molar-refractivity contribution is 0.0696. The SMILES string of the molecule is Cc1ccc(SC2CCCCCC2)cc1C(=O)O. The number of benzene rings is 1. The van der Waals surface area contributed by atoms with E-state index in [1.54, 1.807) is 0 Å². The second-order valence-electron chi connectivity index (χ2n) is 5.01. The van der Waals surface area contributed by atoms with Crippen LogP contribution < -0.4 is 0 Å². The zero-order valence-electron chi connectivity index (χ0n) is 10.8. The van der Waals surface area contributed by atoms with Gasteiger partial charge in [-0.15, -0.1) is 11.8 Å². The quantitative estimate of drug-likeness (QED) is 0.816. The van der Waals surface area contributed by atoms with Gasteiger partial charge in [0.15, 0.2) is 0 Å². The van der Waals surface area contributed by atoms with Crippen molar-refractivity contribution in [3.05, 3.63) is 29.3 Å². The number of aromatic carboxylic acids is 1. The second kappa shape index (κ2) is 6.28. The van der Waals surface area contributed by atoms with Gasteiger partial charge in [0.25, 0.3) is 0 Å². The van der Waals surface area contributed by atoms with Gasteiger partial charge in [-0.05, 0) is 37.5 Å². The molecule has 0 spiro atoms. The van der Waals surface area contributed by atoms with E-state index in [0.29, 0.717) is 10.8 Å². The van der Waals surface area contributed by atoms with E-state index < -0.39 is 5.97 Å². The van der Waals surface area contributed by atoms with Crippen molar-refractivity contribution in [1.82, 2.24) is 0 Å². The van der Waals surface area contributed by atoms with Gasteiger partial charge in [0.2, 0.25) is 0 Å². The highest BCUT2D eigenvalue weighted by atomic mass is 32.2. The van der Waals surface area contributed by atoms with Gasteiger partial charge in [-0.25, -0.2) is 4.79 Å². The van der Waals surface area contributed by atoms with Crippen molar-refractivity contribution in [1.29, 1.82) is 0 Å². The monoisotopic (exact) mass is 264 g/mol. The maximum absolute atomic E-state index is 11.1. The zero-order valence-corrected chi connectivity index (χ0v) is 11.6. The first-order valence-electron chi connectivity index (χ1n) is 6.67. The van der Waals surface area contributed by atoms with Crippen molar-refractivity contribution < 1.29 is 9.90 Å². The summed E-state index contributed by atoms with van der Waals surface area (Å²) >= 11 is 1.85. The van der Waals surface area contributed by atoms with Crippen LogP contribution in [0.1, 0.15) is 54.4 Å². The molecule has 0 amide bonds. The first-order chi connectivity index (χ1) is 8.66. The number of hydrogen-bond donors (Lipinski definition) is 1. The van der Waals surface area contributed by atoms with Gasteiger partial charge in [-0.3, -0.25) is 0 Å². The lowest BCUT2D eigenvalue weighted by Gasteiger charge is -2.14. The number of thioether (sulfide) groups is 1. The Balaban J connectivity index is 2.08. The van der Waals surface area contributed by atoms with Gasteiger partial charge in [0, 0.05) is 10.1 Å². The Morgan fingerprint density at radius 2 is 1.89 bits per heavy atom. The Morgan fingerprint density at radius 3 is 2.50 bits per heavy atom. The molecule has 0 aliphatic heterocycles. The molecule has 18 heavy (non-hydrogen) atoms. The fourth-order valence-electron chi connectivity index (χ4n) is 2.46. The average molecular weight is 264 g/mol. The molecule has 1 saturated carbocycles. The molecule has 0 aromatic heterocycles. The minimum absolute atomic E-state index is 0.439. The molecule has 1 N–H and O–H groups in total. The van der Waals surface area contributed by atoms with E-state index in [0.717, 1.165) is 10.5 Å². The minimum atomic E-state index is -0.823. The summed E-state index contributed by atoms with van der Waals surface area (Å²) in [5, 5.41) is 9.80. The molecule has 0 unspecified atom stereocenters. The summed E-state index contributed by atoms with van der Waals surface area (Å²) < 4.78 is 0. The molecule has 2 rings (SSSR count). The van der Waals surface area contributed by atoms with Crippen molar-refractivity contribution >= 4 is 17.7 Å². The molecule has 1 aliphatic carbocycles. The highest BCUT2D eigenvalue weighted by molar-refractivity contribution is 8.00. The molecule has 0 radical (unpaired) electrons. The number of hydrogen-bond acceptors (Lipinski definition) is 2. The topological polar surface area (TPSA) is 37.3 Å². The molecular weight excluding hydrogens is 244 g/mol. The maximum atomic E-state index is 11.1. The molecule has 1 aromatic rings. The summed E-state index contributed by atoms with van der Waals surface area (Å²) in [6, 6.07) is 5.80. The van der Waals surface area contributed by atoms with Crippen LogP contribution in [0.4, 0.5) is 0 Å². The summed E-state index contributed by atoms with van der Waals surface area (Å²) in [6.07, 6.45) is 7.86. The van der Waals surface area contributed by atoms with Crippen LogP contribution in [0, 0.1) is 6.92 Å². The summed E-state index contributed by atoms with van der Waals surface area (Å²) in [6.45, 7) is 1.85. The van der Waals surface area contributed by atoms with Crippen molar-refractivity contribution in [3.63, 3.8) is 0 Å². The Morgan fingerprint density at radius 1 is 1.22 bits per heavy atom. The van der Waals surface area contributed by atoms with Gasteiger partial charge in [0.05, 0.1) is 5.56 Å². The molecule has 2 nitrogen and oxygen atoms in total. The molecule has 0 saturated heterocycles. The fourth-order valence-corrected chi connectivity index (χ4v) is 3.74. The molecule has 1 aliphatic rings. The lowest BCUT2D eigenvalue weighted by Crippen LogP contribution is -2.02. The highest BCUT2D eigenvalue weighted by Crippen LogP contribution is 2.33. The van der Waals surface area contributed by atoms with Crippen molar-refractivity contribution in [2.24, 2.45) is 0 Å². The van der Waals surface area contributed by atoms with Crippen molar-refractivity contribution in [3.8, 4) is 0 Å². The predicted octanol–water partition coefficient (Wildman–Crippen LogP) is 4.51. The van der Waals surface area contributed by atoms with E-state index in [1.165, 1.54) is 38.5 Å². The van der Waals surface area contributed by atoms with Crippen LogP contribution in [-0.2, 0) is 0 Å². The van der Waals surface area contributed by atoms with Gasteiger partial charge < -0.3 is 5.11 Å². The third kappa shape index (κ3) is 3.52. The molecule has 98 valence electrons. The molecule has 0 heterocycles. The van der Waals surface area contributed by atoms with Crippen LogP contribution in [0.5, 0.6) is 0 Å². The van der Waals surface area contributed by atoms with Crippen LogP contribution >= 0.6 is 11.8 Å². The third-order valence-electron chi connectivity index (χ3n) is 3.54. The Kier molecular flexibility index (Phi) is 4.70. The molecule has 1 fully saturated rings. The largest absolute Gasteiger partial charge is 0.478 e. The van der Waals surface area contributed by atoms with E-state index in [9.17, 15) is 4.79 Å². The summed E-state index contributed by atoms with van der Waals surface area (Å²) in [5.74, 6) is -0.823. The van der Waals surface area contributed by atoms with Crippen molar-refractivity contribution in [2.45, 2.75) is 55.6 Å². The van der Waals surface area contributed by atoms with Crippen LogP contribution in [0.25, 0.3) is 0 Å². The summed E-state index contributed by atoms with van der Waals surface area (Å²) in [7, 11) is 0. The minimum Gasteiger partial charge on any atom is -0.478 e. The first kappa shape index (κ1) is 13.5. The standard InChI is InChI=1S/C15H20O2S/c1-11-8-9-13(10-14(11)15(16)17)18-12-6-4-2-3-5-7-12/h8-10,12H,2-7H2,1H3,(H,16,17). The Hall–Kier alpha value is -0.960. The van der Waals surface area contributed by atoms with Gasteiger partial charge in [-0.1, -0.05) is 31.7 Å². The average Bonchev–Trinajstić information content (AvgIpc) is 2.60. The van der Waals surface area contributed by atoms with E-state index in [4.69, 9.17) is 5.11 Å². The Labute approximate surface area is 113 Å². The van der Waals surface area contributed by atoms with Gasteiger partial charge in [-0.2, -0.15) is 0 Å². The Bertz CT molecular complexity index is 421. The van der Waals surface area contributed by atoms with E-state index in [-0.39, 0.29) is 0 Å². The smallest absolute Gasteiger partial charge is 0.335 e. The van der Waals surface area contributed by atoms with Gasteiger partial charge >= 0.3 is 5.97 Å². The number of aryl methyl sites for hydroxylation is 1. The molecule has 0 atom stereocenters. The number of carboxylic acid groups (broad SMARTS) is 1. The molecule has 3 heteroatoms. The van der Waals surface area contributed by atoms with Crippen LogP contribution in [0.2, 0.25) is 0 Å². The van der Waals surface area contributed by atoms with Crippen LogP contribution in [0.3, 0.4) is 0 Å². The fraction of sp³-hybridized carbons (Fsp3) is 0.533. The number of carbonyl (C=O) groups is 1.